The lowest BCUT2D eigenvalue weighted by Crippen LogP contribution is -2.24. The van der Waals surface area contributed by atoms with Gasteiger partial charge < -0.3 is 9.51 Å². The number of hydrogen-bond acceptors (Lipinski definition) is 5. The standard InChI is InChI=1S/C16H19N5O/c1-21-8-4-2-3-5-14(21)16-19-15(20-22-16)11-6-7-12-13(9-11)18-10-17-12/h6-7,9-10,14H,2-5,8H2,1H3,(H,17,18)/t14-/m1/s1. The fourth-order valence-electron chi connectivity index (χ4n) is 3.13. The van der Waals surface area contributed by atoms with Crippen molar-refractivity contribution in [3.8, 4) is 11.4 Å². The van der Waals surface area contributed by atoms with Gasteiger partial charge in [-0.2, -0.15) is 4.98 Å². The summed E-state index contributed by atoms with van der Waals surface area (Å²) >= 11 is 0. The Morgan fingerprint density at radius 1 is 1.27 bits per heavy atom. The van der Waals surface area contributed by atoms with Crippen molar-refractivity contribution in [3.05, 3.63) is 30.4 Å². The smallest absolute Gasteiger partial charge is 0.244 e. The molecule has 22 heavy (non-hydrogen) atoms. The summed E-state index contributed by atoms with van der Waals surface area (Å²) in [7, 11) is 2.14. The largest absolute Gasteiger partial charge is 0.345 e. The van der Waals surface area contributed by atoms with Gasteiger partial charge >= 0.3 is 0 Å². The summed E-state index contributed by atoms with van der Waals surface area (Å²) in [5, 5.41) is 4.17. The van der Waals surface area contributed by atoms with Crippen molar-refractivity contribution in [2.45, 2.75) is 31.7 Å². The number of fused-ring (bicyclic) bond motifs is 1. The van der Waals surface area contributed by atoms with E-state index in [9.17, 15) is 0 Å². The van der Waals surface area contributed by atoms with E-state index in [0.717, 1.165) is 35.5 Å². The lowest BCUT2D eigenvalue weighted by molar-refractivity contribution is 0.198. The monoisotopic (exact) mass is 297 g/mol. The number of benzene rings is 1. The van der Waals surface area contributed by atoms with E-state index in [-0.39, 0.29) is 6.04 Å². The van der Waals surface area contributed by atoms with Gasteiger partial charge in [-0.05, 0) is 44.6 Å². The minimum absolute atomic E-state index is 0.236. The Morgan fingerprint density at radius 2 is 2.23 bits per heavy atom. The van der Waals surface area contributed by atoms with Crippen molar-refractivity contribution in [1.82, 2.24) is 25.0 Å². The highest BCUT2D eigenvalue weighted by Crippen LogP contribution is 2.29. The molecule has 1 N–H and O–H groups in total. The fraction of sp³-hybridized carbons (Fsp3) is 0.438. The van der Waals surface area contributed by atoms with Crippen LogP contribution in [0.1, 0.15) is 37.6 Å². The molecule has 2 aromatic heterocycles. The summed E-state index contributed by atoms with van der Waals surface area (Å²) in [6.07, 6.45) is 6.50. The van der Waals surface area contributed by atoms with Gasteiger partial charge in [0.05, 0.1) is 23.4 Å². The first-order chi connectivity index (χ1) is 10.8. The molecule has 0 saturated carbocycles. The van der Waals surface area contributed by atoms with Crippen molar-refractivity contribution in [3.63, 3.8) is 0 Å². The van der Waals surface area contributed by atoms with Crippen LogP contribution in [-0.2, 0) is 0 Å². The fourth-order valence-corrected chi connectivity index (χ4v) is 3.13. The number of nitrogens with one attached hydrogen (secondary N) is 1. The van der Waals surface area contributed by atoms with Gasteiger partial charge in [-0.1, -0.05) is 18.0 Å². The summed E-state index contributed by atoms with van der Waals surface area (Å²) < 4.78 is 5.55. The molecule has 0 bridgehead atoms. The van der Waals surface area contributed by atoms with Crippen LogP contribution in [0.15, 0.2) is 29.0 Å². The highest BCUT2D eigenvalue weighted by atomic mass is 16.5. The Balaban J connectivity index is 1.65. The molecule has 0 spiro atoms. The molecule has 114 valence electrons. The van der Waals surface area contributed by atoms with Crippen molar-refractivity contribution < 1.29 is 4.52 Å². The molecule has 1 aromatic carbocycles. The molecule has 1 atom stereocenters. The van der Waals surface area contributed by atoms with Crippen LogP contribution in [0.2, 0.25) is 0 Å². The van der Waals surface area contributed by atoms with Crippen LogP contribution in [0, 0.1) is 0 Å². The van der Waals surface area contributed by atoms with Gasteiger partial charge in [-0.3, -0.25) is 4.90 Å². The van der Waals surface area contributed by atoms with Gasteiger partial charge in [-0.25, -0.2) is 4.98 Å². The topological polar surface area (TPSA) is 70.8 Å². The molecule has 6 nitrogen and oxygen atoms in total. The predicted molar refractivity (Wildman–Crippen MR) is 83.2 cm³/mol. The average Bonchev–Trinajstić information content (AvgIpc) is 3.14. The third-order valence-electron chi connectivity index (χ3n) is 4.43. The zero-order valence-electron chi connectivity index (χ0n) is 12.6. The van der Waals surface area contributed by atoms with Gasteiger partial charge in [0, 0.05) is 5.56 Å². The van der Waals surface area contributed by atoms with E-state index in [1.165, 1.54) is 19.3 Å². The van der Waals surface area contributed by atoms with Gasteiger partial charge in [0.2, 0.25) is 11.7 Å². The van der Waals surface area contributed by atoms with Crippen molar-refractivity contribution >= 4 is 11.0 Å². The summed E-state index contributed by atoms with van der Waals surface area (Å²) in [6, 6.07) is 6.19. The maximum absolute atomic E-state index is 5.55. The average molecular weight is 297 g/mol. The molecule has 0 radical (unpaired) electrons. The first-order valence-corrected chi connectivity index (χ1v) is 7.78. The number of likely N-dealkylation sites (tertiary alicyclic amines) is 1. The number of aromatic nitrogens is 4. The van der Waals surface area contributed by atoms with E-state index in [2.05, 4.69) is 32.1 Å². The van der Waals surface area contributed by atoms with Crippen LogP contribution in [0.5, 0.6) is 0 Å². The molecule has 1 saturated heterocycles. The maximum Gasteiger partial charge on any atom is 0.244 e. The van der Waals surface area contributed by atoms with Crippen LogP contribution < -0.4 is 0 Å². The lowest BCUT2D eigenvalue weighted by Gasteiger charge is -2.21. The third-order valence-corrected chi connectivity index (χ3v) is 4.43. The highest BCUT2D eigenvalue weighted by Gasteiger charge is 2.25. The molecule has 0 unspecified atom stereocenters. The van der Waals surface area contributed by atoms with Crippen LogP contribution in [-0.4, -0.2) is 38.6 Å². The van der Waals surface area contributed by atoms with Crippen molar-refractivity contribution in [2.24, 2.45) is 0 Å². The molecule has 4 rings (SSSR count). The number of H-pyrrole nitrogens is 1. The molecular weight excluding hydrogens is 278 g/mol. The van der Waals surface area contributed by atoms with Crippen LogP contribution in [0.3, 0.4) is 0 Å². The van der Waals surface area contributed by atoms with E-state index < -0.39 is 0 Å². The van der Waals surface area contributed by atoms with E-state index in [1.54, 1.807) is 6.33 Å². The van der Waals surface area contributed by atoms with Gasteiger partial charge in [0.15, 0.2) is 0 Å². The molecule has 1 aliphatic heterocycles. The Kier molecular flexibility index (Phi) is 3.38. The number of hydrogen-bond donors (Lipinski definition) is 1. The molecular formula is C16H19N5O. The van der Waals surface area contributed by atoms with Crippen LogP contribution >= 0.6 is 0 Å². The summed E-state index contributed by atoms with van der Waals surface area (Å²) in [5.41, 5.74) is 2.87. The van der Waals surface area contributed by atoms with E-state index in [1.807, 2.05) is 18.2 Å². The zero-order chi connectivity index (χ0) is 14.9. The Labute approximate surface area is 128 Å². The number of aromatic amines is 1. The van der Waals surface area contributed by atoms with E-state index >= 15 is 0 Å². The molecule has 0 amide bonds. The summed E-state index contributed by atoms with van der Waals surface area (Å²) in [6.45, 7) is 1.09. The van der Waals surface area contributed by atoms with Crippen LogP contribution in [0.25, 0.3) is 22.4 Å². The van der Waals surface area contributed by atoms with E-state index in [4.69, 9.17) is 4.52 Å². The van der Waals surface area contributed by atoms with Crippen LogP contribution in [0.4, 0.5) is 0 Å². The molecule has 3 aromatic rings. The third kappa shape index (κ3) is 2.39. The van der Waals surface area contributed by atoms with Crippen molar-refractivity contribution in [1.29, 1.82) is 0 Å². The number of rotatable bonds is 2. The normalized spacial score (nSPS) is 20.3. The quantitative estimate of drug-likeness (QED) is 0.786. The van der Waals surface area contributed by atoms with Crippen molar-refractivity contribution in [2.75, 3.05) is 13.6 Å². The molecule has 1 aliphatic rings. The second-order valence-electron chi connectivity index (χ2n) is 5.94. The van der Waals surface area contributed by atoms with E-state index in [0.29, 0.717) is 5.82 Å². The van der Waals surface area contributed by atoms with Gasteiger partial charge in [0.25, 0.3) is 0 Å². The lowest BCUT2D eigenvalue weighted by atomic mass is 10.1. The SMILES string of the molecule is CN1CCCCC[C@@H]1c1nc(-c2ccc3nc[nH]c3c2)no1. The molecule has 3 heterocycles. The number of nitrogens with zero attached hydrogens (tertiary/aromatic N) is 4. The summed E-state index contributed by atoms with van der Waals surface area (Å²) in [5.74, 6) is 1.37. The Morgan fingerprint density at radius 3 is 3.18 bits per heavy atom. The van der Waals surface area contributed by atoms with Gasteiger partial charge in [0.1, 0.15) is 0 Å². The first-order valence-electron chi connectivity index (χ1n) is 7.78. The highest BCUT2D eigenvalue weighted by molar-refractivity contribution is 5.79. The summed E-state index contributed by atoms with van der Waals surface area (Å²) in [4.78, 5) is 14.3. The molecule has 1 fully saturated rings. The minimum Gasteiger partial charge on any atom is -0.345 e. The maximum atomic E-state index is 5.55. The second-order valence-corrected chi connectivity index (χ2v) is 5.94. The molecule has 0 aliphatic carbocycles. The predicted octanol–water partition coefficient (Wildman–Crippen LogP) is 3.16. The minimum atomic E-state index is 0.236. The first kappa shape index (κ1) is 13.5. The Hall–Kier alpha value is -2.21. The number of imidazole rings is 1. The van der Waals surface area contributed by atoms with Gasteiger partial charge in [-0.15, -0.1) is 0 Å². The zero-order valence-corrected chi connectivity index (χ0v) is 12.6. The Bertz CT molecular complexity index is 778. The second kappa shape index (κ2) is 5.53. The molecule has 6 heteroatoms.